The van der Waals surface area contributed by atoms with Gasteiger partial charge in [-0.1, -0.05) is 20.8 Å². The van der Waals surface area contributed by atoms with Crippen molar-refractivity contribution in [3.8, 4) is 0 Å². The van der Waals surface area contributed by atoms with Crippen LogP contribution in [-0.2, 0) is 9.59 Å². The van der Waals surface area contributed by atoms with Crippen molar-refractivity contribution in [1.29, 1.82) is 0 Å². The normalized spacial score (nSPS) is 26.3. The van der Waals surface area contributed by atoms with Crippen LogP contribution in [0.25, 0.3) is 0 Å². The summed E-state index contributed by atoms with van der Waals surface area (Å²) in [5.41, 5.74) is -0.401. The van der Waals surface area contributed by atoms with E-state index in [0.717, 1.165) is 6.42 Å². The van der Waals surface area contributed by atoms with E-state index < -0.39 is 11.4 Å². The molecule has 0 saturated heterocycles. The minimum atomic E-state index is -0.748. The summed E-state index contributed by atoms with van der Waals surface area (Å²) in [5, 5.41) is 11.7. The van der Waals surface area contributed by atoms with Gasteiger partial charge in [0.25, 0.3) is 0 Å². The van der Waals surface area contributed by atoms with Gasteiger partial charge >= 0.3 is 5.97 Å². The maximum absolute atomic E-state index is 11.6. The van der Waals surface area contributed by atoms with E-state index >= 15 is 0 Å². The maximum atomic E-state index is 11.6. The molecule has 0 spiro atoms. The van der Waals surface area contributed by atoms with Crippen LogP contribution in [0.5, 0.6) is 0 Å². The summed E-state index contributed by atoms with van der Waals surface area (Å²) in [5.74, 6) is -1.03. The highest BCUT2D eigenvalue weighted by Crippen LogP contribution is 2.26. The van der Waals surface area contributed by atoms with E-state index in [1.165, 1.54) is 0 Å². The minimum absolute atomic E-state index is 0.00135. The molecule has 86 valence electrons. The number of carboxylic acid groups (broad SMARTS) is 1. The van der Waals surface area contributed by atoms with Crippen LogP contribution in [0.4, 0.5) is 0 Å². The number of nitrogens with one attached hydrogen (secondary N) is 1. The summed E-state index contributed by atoms with van der Waals surface area (Å²) in [4.78, 5) is 22.4. The van der Waals surface area contributed by atoms with Crippen LogP contribution >= 0.6 is 0 Å². The lowest BCUT2D eigenvalue weighted by Gasteiger charge is -2.21. The Kier molecular flexibility index (Phi) is 3.37. The number of carbonyl (C=O) groups is 2. The first-order chi connectivity index (χ1) is 6.80. The molecule has 15 heavy (non-hydrogen) atoms. The molecule has 4 heteroatoms. The number of carboxylic acids is 1. The topological polar surface area (TPSA) is 66.4 Å². The van der Waals surface area contributed by atoms with Gasteiger partial charge in [0.1, 0.15) is 0 Å². The van der Waals surface area contributed by atoms with E-state index in [0.29, 0.717) is 12.8 Å². The lowest BCUT2D eigenvalue weighted by Crippen LogP contribution is -2.40. The quantitative estimate of drug-likeness (QED) is 0.728. The highest BCUT2D eigenvalue weighted by molar-refractivity contribution is 5.81. The van der Waals surface area contributed by atoms with E-state index in [1.54, 1.807) is 0 Å². The van der Waals surface area contributed by atoms with E-state index in [4.69, 9.17) is 5.11 Å². The highest BCUT2D eigenvalue weighted by atomic mass is 16.4. The second kappa shape index (κ2) is 4.21. The molecule has 1 amide bonds. The second-order valence-electron chi connectivity index (χ2n) is 5.27. The molecule has 0 aromatic heterocycles. The molecule has 0 aromatic carbocycles. The summed E-state index contributed by atoms with van der Waals surface area (Å²) in [6.07, 6.45) is 2.01. The third kappa shape index (κ3) is 3.22. The van der Waals surface area contributed by atoms with Crippen molar-refractivity contribution in [3.05, 3.63) is 0 Å². The van der Waals surface area contributed by atoms with Crippen LogP contribution in [0.15, 0.2) is 0 Å². The molecule has 2 N–H and O–H groups in total. The van der Waals surface area contributed by atoms with Gasteiger partial charge in [-0.2, -0.15) is 0 Å². The van der Waals surface area contributed by atoms with Crippen molar-refractivity contribution in [2.24, 2.45) is 11.3 Å². The Hall–Kier alpha value is -1.06. The third-order valence-electron chi connectivity index (χ3n) is 2.80. The molecule has 0 aliphatic heterocycles. The van der Waals surface area contributed by atoms with Crippen molar-refractivity contribution in [2.75, 3.05) is 0 Å². The molecular formula is C11H19NO3. The molecule has 1 fully saturated rings. The average Bonchev–Trinajstić information content (AvgIpc) is 2.50. The Bertz CT molecular complexity index is 267. The van der Waals surface area contributed by atoms with Crippen LogP contribution in [0.3, 0.4) is 0 Å². The Morgan fingerprint density at radius 1 is 1.27 bits per heavy atom. The van der Waals surface area contributed by atoms with Crippen LogP contribution in [-0.4, -0.2) is 23.0 Å². The Balaban J connectivity index is 2.43. The number of carbonyl (C=O) groups excluding carboxylic acids is 1. The first-order valence-electron chi connectivity index (χ1n) is 5.34. The molecule has 2 atom stereocenters. The lowest BCUT2D eigenvalue weighted by atomic mass is 9.95. The number of hydrogen-bond acceptors (Lipinski definition) is 2. The highest BCUT2D eigenvalue weighted by Gasteiger charge is 2.32. The number of aliphatic carboxylic acids is 1. The van der Waals surface area contributed by atoms with Crippen LogP contribution in [0.1, 0.15) is 40.0 Å². The zero-order valence-electron chi connectivity index (χ0n) is 9.54. The van der Waals surface area contributed by atoms with E-state index in [1.807, 2.05) is 20.8 Å². The first-order valence-corrected chi connectivity index (χ1v) is 5.34. The Labute approximate surface area is 90.0 Å². The molecule has 0 bridgehead atoms. The zero-order chi connectivity index (χ0) is 11.6. The molecule has 0 radical (unpaired) electrons. The summed E-state index contributed by atoms with van der Waals surface area (Å²) in [6, 6.07) is 0.0397. The van der Waals surface area contributed by atoms with Gasteiger partial charge in [-0.05, 0) is 19.3 Å². The maximum Gasteiger partial charge on any atom is 0.306 e. The molecule has 1 aliphatic rings. The summed E-state index contributed by atoms with van der Waals surface area (Å²) in [6.45, 7) is 5.56. The van der Waals surface area contributed by atoms with Gasteiger partial charge in [0.05, 0.1) is 5.92 Å². The lowest BCUT2D eigenvalue weighted by molar-refractivity contribution is -0.141. The average molecular weight is 213 g/mol. The fraction of sp³-hybridized carbons (Fsp3) is 0.818. The molecule has 1 aliphatic carbocycles. The summed E-state index contributed by atoms with van der Waals surface area (Å²) < 4.78 is 0. The summed E-state index contributed by atoms with van der Waals surface area (Å²) in [7, 11) is 0. The van der Waals surface area contributed by atoms with Gasteiger partial charge in [0, 0.05) is 11.5 Å². The van der Waals surface area contributed by atoms with Crippen molar-refractivity contribution >= 4 is 11.9 Å². The van der Waals surface area contributed by atoms with Crippen molar-refractivity contribution in [3.63, 3.8) is 0 Å². The first kappa shape index (κ1) is 12.0. The predicted octanol–water partition coefficient (Wildman–Crippen LogP) is 1.40. The third-order valence-corrected chi connectivity index (χ3v) is 2.80. The predicted molar refractivity (Wildman–Crippen MR) is 56.4 cm³/mol. The van der Waals surface area contributed by atoms with Gasteiger partial charge in [0.15, 0.2) is 0 Å². The van der Waals surface area contributed by atoms with E-state index in [9.17, 15) is 9.59 Å². The molecule has 0 aromatic rings. The van der Waals surface area contributed by atoms with Crippen LogP contribution in [0.2, 0.25) is 0 Å². The molecule has 1 saturated carbocycles. The number of hydrogen-bond donors (Lipinski definition) is 2. The summed E-state index contributed by atoms with van der Waals surface area (Å²) >= 11 is 0. The smallest absolute Gasteiger partial charge is 0.306 e. The monoisotopic (exact) mass is 213 g/mol. The van der Waals surface area contributed by atoms with Crippen LogP contribution in [0, 0.1) is 11.3 Å². The minimum Gasteiger partial charge on any atom is -0.481 e. The number of rotatable bonds is 2. The van der Waals surface area contributed by atoms with Gasteiger partial charge in [-0.3, -0.25) is 9.59 Å². The van der Waals surface area contributed by atoms with Gasteiger partial charge in [0.2, 0.25) is 5.91 Å². The van der Waals surface area contributed by atoms with Crippen molar-refractivity contribution in [1.82, 2.24) is 5.32 Å². The molecule has 1 rings (SSSR count). The SMILES string of the molecule is CC(C)(C)C(=O)N[C@@H]1CC[C@H](C(=O)O)C1. The van der Waals surface area contributed by atoms with E-state index in [-0.39, 0.29) is 17.9 Å². The Morgan fingerprint density at radius 2 is 1.87 bits per heavy atom. The van der Waals surface area contributed by atoms with Gasteiger partial charge in [-0.15, -0.1) is 0 Å². The van der Waals surface area contributed by atoms with Gasteiger partial charge in [-0.25, -0.2) is 0 Å². The van der Waals surface area contributed by atoms with Crippen molar-refractivity contribution < 1.29 is 14.7 Å². The molecule has 0 unspecified atom stereocenters. The Morgan fingerprint density at radius 3 is 2.27 bits per heavy atom. The fourth-order valence-corrected chi connectivity index (χ4v) is 1.74. The fourth-order valence-electron chi connectivity index (χ4n) is 1.74. The van der Waals surface area contributed by atoms with E-state index in [2.05, 4.69) is 5.32 Å². The second-order valence-corrected chi connectivity index (χ2v) is 5.27. The number of amides is 1. The molecule has 0 heterocycles. The molecule has 4 nitrogen and oxygen atoms in total. The zero-order valence-corrected chi connectivity index (χ0v) is 9.54. The van der Waals surface area contributed by atoms with Crippen LogP contribution < -0.4 is 5.32 Å². The standard InChI is InChI=1S/C11H19NO3/c1-11(2,3)10(15)12-8-5-4-7(6-8)9(13)14/h7-8H,4-6H2,1-3H3,(H,12,15)(H,13,14)/t7-,8+/m0/s1. The largest absolute Gasteiger partial charge is 0.481 e. The molecular weight excluding hydrogens is 194 g/mol. The van der Waals surface area contributed by atoms with Gasteiger partial charge < -0.3 is 10.4 Å². The van der Waals surface area contributed by atoms with Crippen molar-refractivity contribution in [2.45, 2.75) is 46.1 Å².